The number of amides is 1. The first kappa shape index (κ1) is 16.2. The molecule has 0 N–H and O–H groups in total. The van der Waals surface area contributed by atoms with E-state index in [-0.39, 0.29) is 17.9 Å². The molecule has 1 atom stereocenters. The second-order valence-corrected chi connectivity index (χ2v) is 5.40. The van der Waals surface area contributed by atoms with E-state index < -0.39 is 11.7 Å². The molecule has 2 aromatic rings. The summed E-state index contributed by atoms with van der Waals surface area (Å²) in [6.07, 6.45) is -0.310. The third kappa shape index (κ3) is 3.64. The number of likely N-dealkylation sites (tertiary alicyclic amines) is 1. The maximum absolute atomic E-state index is 12.5. The Kier molecular flexibility index (Phi) is 4.37. The van der Waals surface area contributed by atoms with Crippen molar-refractivity contribution in [2.75, 3.05) is 13.1 Å². The molecule has 5 nitrogen and oxygen atoms in total. The van der Waals surface area contributed by atoms with Crippen LogP contribution in [0.3, 0.4) is 0 Å². The van der Waals surface area contributed by atoms with E-state index in [2.05, 4.69) is 9.97 Å². The van der Waals surface area contributed by atoms with Crippen LogP contribution in [0.2, 0.25) is 0 Å². The molecule has 1 saturated heterocycles. The predicted molar refractivity (Wildman–Crippen MR) is 78.4 cm³/mol. The van der Waals surface area contributed by atoms with Crippen LogP contribution in [-0.2, 0) is 6.18 Å². The average Bonchev–Trinajstić information content (AvgIpc) is 3.03. The van der Waals surface area contributed by atoms with E-state index >= 15 is 0 Å². The lowest BCUT2D eigenvalue weighted by atomic mass is 10.2. The standard InChI is InChI=1S/C16H14F3N3O2/c17-16(18,19)12-3-4-14(21-9-12)24-13-5-7-22(10-13)15(23)11-2-1-6-20-8-11/h1-4,6,8-9,13H,5,7,10H2/t13-/m1/s1. The molecular weight excluding hydrogens is 323 g/mol. The maximum Gasteiger partial charge on any atom is 0.417 e. The van der Waals surface area contributed by atoms with E-state index in [0.29, 0.717) is 25.1 Å². The van der Waals surface area contributed by atoms with Gasteiger partial charge in [-0.25, -0.2) is 4.98 Å². The van der Waals surface area contributed by atoms with Gasteiger partial charge in [-0.15, -0.1) is 0 Å². The van der Waals surface area contributed by atoms with Gasteiger partial charge in [0.15, 0.2) is 0 Å². The van der Waals surface area contributed by atoms with Gasteiger partial charge in [0.2, 0.25) is 5.88 Å². The first-order valence-electron chi connectivity index (χ1n) is 7.33. The molecule has 2 aromatic heterocycles. The zero-order valence-electron chi connectivity index (χ0n) is 12.5. The van der Waals surface area contributed by atoms with Gasteiger partial charge in [0.05, 0.1) is 17.7 Å². The molecule has 24 heavy (non-hydrogen) atoms. The van der Waals surface area contributed by atoms with Crippen molar-refractivity contribution in [1.29, 1.82) is 0 Å². The lowest BCUT2D eigenvalue weighted by Gasteiger charge is -2.17. The third-order valence-electron chi connectivity index (χ3n) is 3.69. The van der Waals surface area contributed by atoms with Crippen LogP contribution in [0.5, 0.6) is 5.88 Å². The quantitative estimate of drug-likeness (QED) is 0.864. The Morgan fingerprint density at radius 1 is 1.25 bits per heavy atom. The summed E-state index contributed by atoms with van der Waals surface area (Å²) in [6.45, 7) is 0.870. The molecule has 1 fully saturated rings. The number of hydrogen-bond donors (Lipinski definition) is 0. The van der Waals surface area contributed by atoms with E-state index in [1.807, 2.05) is 0 Å². The number of halogens is 3. The first-order chi connectivity index (χ1) is 11.4. The zero-order chi connectivity index (χ0) is 17.2. The van der Waals surface area contributed by atoms with E-state index in [1.54, 1.807) is 23.2 Å². The Balaban J connectivity index is 1.59. The second kappa shape index (κ2) is 6.46. The van der Waals surface area contributed by atoms with Crippen molar-refractivity contribution in [2.45, 2.75) is 18.7 Å². The predicted octanol–water partition coefficient (Wildman–Crippen LogP) is 2.79. The van der Waals surface area contributed by atoms with Crippen molar-refractivity contribution in [3.8, 4) is 5.88 Å². The van der Waals surface area contributed by atoms with E-state index in [1.165, 1.54) is 12.3 Å². The molecule has 0 saturated carbocycles. The topological polar surface area (TPSA) is 55.3 Å². The number of carbonyl (C=O) groups is 1. The van der Waals surface area contributed by atoms with Crippen molar-refractivity contribution in [2.24, 2.45) is 0 Å². The number of pyridine rings is 2. The highest BCUT2D eigenvalue weighted by Crippen LogP contribution is 2.29. The third-order valence-corrected chi connectivity index (χ3v) is 3.69. The molecule has 3 rings (SSSR count). The molecule has 126 valence electrons. The summed E-state index contributed by atoms with van der Waals surface area (Å²) in [7, 11) is 0. The van der Waals surface area contributed by atoms with Crippen LogP contribution in [0.25, 0.3) is 0 Å². The van der Waals surface area contributed by atoms with Gasteiger partial charge in [-0.1, -0.05) is 0 Å². The molecule has 0 bridgehead atoms. The fourth-order valence-corrected chi connectivity index (χ4v) is 2.47. The molecule has 0 radical (unpaired) electrons. The van der Waals surface area contributed by atoms with Gasteiger partial charge in [0.25, 0.3) is 5.91 Å². The SMILES string of the molecule is O=C(c1cccnc1)N1CC[C@@H](Oc2ccc(C(F)(F)F)cn2)C1. The second-order valence-electron chi connectivity index (χ2n) is 5.40. The number of rotatable bonds is 3. The average molecular weight is 337 g/mol. The summed E-state index contributed by atoms with van der Waals surface area (Å²) in [5, 5.41) is 0. The van der Waals surface area contributed by atoms with Crippen molar-refractivity contribution >= 4 is 5.91 Å². The largest absolute Gasteiger partial charge is 0.472 e. The maximum atomic E-state index is 12.5. The zero-order valence-corrected chi connectivity index (χ0v) is 12.5. The summed E-state index contributed by atoms with van der Waals surface area (Å²) in [5.41, 5.74) is -0.333. The molecule has 0 unspecified atom stereocenters. The smallest absolute Gasteiger partial charge is 0.417 e. The Morgan fingerprint density at radius 3 is 2.71 bits per heavy atom. The monoisotopic (exact) mass is 337 g/mol. The Bertz CT molecular complexity index is 705. The molecule has 8 heteroatoms. The fourth-order valence-electron chi connectivity index (χ4n) is 2.47. The van der Waals surface area contributed by atoms with Crippen LogP contribution in [0.15, 0.2) is 42.9 Å². The molecule has 1 aliphatic heterocycles. The Morgan fingerprint density at radius 2 is 2.08 bits per heavy atom. The van der Waals surface area contributed by atoms with Crippen molar-refractivity contribution < 1.29 is 22.7 Å². The molecular formula is C16H14F3N3O2. The number of ether oxygens (including phenoxy) is 1. The van der Waals surface area contributed by atoms with Gasteiger partial charge in [-0.2, -0.15) is 13.2 Å². The van der Waals surface area contributed by atoms with E-state index in [4.69, 9.17) is 4.74 Å². The summed E-state index contributed by atoms with van der Waals surface area (Å²) in [5.74, 6) is -0.0294. The lowest BCUT2D eigenvalue weighted by Crippen LogP contribution is -2.31. The Labute approximate surface area is 136 Å². The molecule has 3 heterocycles. The van der Waals surface area contributed by atoms with Crippen LogP contribution in [0.1, 0.15) is 22.3 Å². The van der Waals surface area contributed by atoms with Crippen molar-refractivity contribution in [3.05, 3.63) is 54.0 Å². The highest BCUT2D eigenvalue weighted by molar-refractivity contribution is 5.94. The van der Waals surface area contributed by atoms with E-state index in [9.17, 15) is 18.0 Å². The fraction of sp³-hybridized carbons (Fsp3) is 0.312. The first-order valence-corrected chi connectivity index (χ1v) is 7.33. The number of aromatic nitrogens is 2. The minimum atomic E-state index is -4.42. The highest BCUT2D eigenvalue weighted by atomic mass is 19.4. The van der Waals surface area contributed by atoms with Gasteiger partial charge < -0.3 is 9.64 Å². The minimum absolute atomic E-state index is 0.115. The highest BCUT2D eigenvalue weighted by Gasteiger charge is 2.31. The summed E-state index contributed by atoms with van der Waals surface area (Å²) < 4.78 is 43.1. The number of hydrogen-bond acceptors (Lipinski definition) is 4. The van der Waals surface area contributed by atoms with Crippen LogP contribution in [-0.4, -0.2) is 40.0 Å². The molecule has 0 spiro atoms. The summed E-state index contributed by atoms with van der Waals surface area (Å²) in [4.78, 5) is 21.5. The van der Waals surface area contributed by atoms with Crippen molar-refractivity contribution in [3.63, 3.8) is 0 Å². The van der Waals surface area contributed by atoms with Crippen LogP contribution in [0.4, 0.5) is 13.2 Å². The number of alkyl halides is 3. The summed E-state index contributed by atoms with van der Waals surface area (Å²) in [6, 6.07) is 5.48. The van der Waals surface area contributed by atoms with E-state index in [0.717, 1.165) is 12.3 Å². The number of carbonyl (C=O) groups excluding carboxylic acids is 1. The Hall–Kier alpha value is -2.64. The van der Waals surface area contributed by atoms with Crippen LogP contribution < -0.4 is 4.74 Å². The van der Waals surface area contributed by atoms with Gasteiger partial charge in [0.1, 0.15) is 6.10 Å². The van der Waals surface area contributed by atoms with Crippen molar-refractivity contribution in [1.82, 2.24) is 14.9 Å². The van der Waals surface area contributed by atoms with Gasteiger partial charge in [-0.05, 0) is 18.2 Å². The molecule has 0 aliphatic carbocycles. The summed E-state index contributed by atoms with van der Waals surface area (Å²) >= 11 is 0. The van der Waals surface area contributed by atoms with Gasteiger partial charge >= 0.3 is 6.18 Å². The van der Waals surface area contributed by atoms with Crippen LogP contribution >= 0.6 is 0 Å². The normalized spacial score (nSPS) is 17.8. The van der Waals surface area contributed by atoms with Crippen LogP contribution in [0, 0.1) is 0 Å². The minimum Gasteiger partial charge on any atom is -0.472 e. The van der Waals surface area contributed by atoms with Gasteiger partial charge in [-0.3, -0.25) is 9.78 Å². The lowest BCUT2D eigenvalue weighted by molar-refractivity contribution is -0.137. The molecule has 1 aliphatic rings. The molecule has 0 aromatic carbocycles. The van der Waals surface area contributed by atoms with Gasteiger partial charge in [0, 0.05) is 37.6 Å². The molecule has 1 amide bonds. The number of nitrogens with zero attached hydrogens (tertiary/aromatic N) is 3.